The number of carbonyl (C=O) groups is 2. The Morgan fingerprint density at radius 3 is 2.86 bits per heavy atom. The highest BCUT2D eigenvalue weighted by atomic mass is 32.2. The highest BCUT2D eigenvalue weighted by Gasteiger charge is 2.15. The quantitative estimate of drug-likeness (QED) is 0.752. The molecule has 5 nitrogen and oxygen atoms in total. The summed E-state index contributed by atoms with van der Waals surface area (Å²) in [6, 6.07) is 0.360. The second-order valence-electron chi connectivity index (χ2n) is 5.18. The Bertz CT molecular complexity index is 484. The Morgan fingerprint density at radius 1 is 1.38 bits per heavy atom. The predicted octanol–water partition coefficient (Wildman–Crippen LogP) is 2.70. The summed E-state index contributed by atoms with van der Waals surface area (Å²) in [4.78, 5) is 26.6. The summed E-state index contributed by atoms with van der Waals surface area (Å²) >= 11 is 2.95. The second kappa shape index (κ2) is 8.38. The molecule has 0 saturated heterocycles. The monoisotopic (exact) mass is 328 g/mol. The van der Waals surface area contributed by atoms with Crippen molar-refractivity contribution in [1.82, 2.24) is 10.3 Å². The first-order valence-electron chi connectivity index (χ1n) is 7.22. The molecule has 2 N–H and O–H groups in total. The van der Waals surface area contributed by atoms with Gasteiger partial charge in [0.15, 0.2) is 0 Å². The first kappa shape index (κ1) is 16.3. The Hall–Kier alpha value is -1.08. The van der Waals surface area contributed by atoms with Gasteiger partial charge in [0, 0.05) is 23.6 Å². The van der Waals surface area contributed by atoms with Gasteiger partial charge in [0.05, 0.1) is 12.1 Å². The number of thiazole rings is 1. The van der Waals surface area contributed by atoms with Crippen molar-refractivity contribution in [2.75, 3.05) is 5.75 Å². The number of carbonyl (C=O) groups excluding carboxylic acids is 1. The number of aliphatic carboxylic acids is 1. The van der Waals surface area contributed by atoms with Crippen molar-refractivity contribution in [2.24, 2.45) is 0 Å². The minimum atomic E-state index is -0.872. The fourth-order valence-corrected chi connectivity index (χ4v) is 4.22. The molecule has 0 aromatic carbocycles. The lowest BCUT2D eigenvalue weighted by molar-refractivity contribution is -0.136. The molecule has 1 heterocycles. The number of carboxylic acid groups (broad SMARTS) is 1. The molecule has 0 unspecified atom stereocenters. The number of hydrogen-bond acceptors (Lipinski definition) is 5. The van der Waals surface area contributed by atoms with Gasteiger partial charge in [0.25, 0.3) is 0 Å². The lowest BCUT2D eigenvalue weighted by Gasteiger charge is -2.22. The maximum absolute atomic E-state index is 11.8. The van der Waals surface area contributed by atoms with Gasteiger partial charge in [0.1, 0.15) is 4.34 Å². The zero-order valence-electron chi connectivity index (χ0n) is 11.8. The van der Waals surface area contributed by atoms with Crippen LogP contribution < -0.4 is 5.32 Å². The van der Waals surface area contributed by atoms with Gasteiger partial charge in [-0.1, -0.05) is 31.0 Å². The Balaban J connectivity index is 1.65. The van der Waals surface area contributed by atoms with Crippen LogP contribution in [0.3, 0.4) is 0 Å². The molecule has 116 valence electrons. The van der Waals surface area contributed by atoms with E-state index < -0.39 is 5.97 Å². The largest absolute Gasteiger partial charge is 0.481 e. The minimum absolute atomic E-state index is 0.0424. The average molecular weight is 328 g/mol. The maximum Gasteiger partial charge on any atom is 0.309 e. The molecule has 0 spiro atoms. The molecule has 1 saturated carbocycles. The third kappa shape index (κ3) is 6.05. The highest BCUT2D eigenvalue weighted by Crippen LogP contribution is 2.23. The molecule has 1 aromatic heterocycles. The summed E-state index contributed by atoms with van der Waals surface area (Å²) in [5, 5.41) is 13.5. The van der Waals surface area contributed by atoms with E-state index >= 15 is 0 Å². The van der Waals surface area contributed by atoms with Gasteiger partial charge < -0.3 is 10.4 Å². The molecule has 0 aliphatic heterocycles. The highest BCUT2D eigenvalue weighted by molar-refractivity contribution is 8.01. The van der Waals surface area contributed by atoms with E-state index in [9.17, 15) is 9.59 Å². The molecule has 0 atom stereocenters. The number of nitrogens with one attached hydrogen (secondary N) is 1. The number of nitrogens with zero attached hydrogens (tertiary/aromatic N) is 1. The summed E-state index contributed by atoms with van der Waals surface area (Å²) in [5.41, 5.74) is 0.585. The van der Waals surface area contributed by atoms with Crippen LogP contribution in [-0.2, 0) is 16.0 Å². The summed E-state index contributed by atoms with van der Waals surface area (Å²) in [6.07, 6.45) is 6.35. The molecule has 7 heteroatoms. The van der Waals surface area contributed by atoms with Crippen molar-refractivity contribution in [3.8, 4) is 0 Å². The van der Waals surface area contributed by atoms with Crippen LogP contribution in [0.4, 0.5) is 0 Å². The number of carboxylic acids is 1. The van der Waals surface area contributed by atoms with Crippen LogP contribution in [0.2, 0.25) is 0 Å². The van der Waals surface area contributed by atoms with Crippen LogP contribution >= 0.6 is 23.1 Å². The van der Waals surface area contributed by atoms with Gasteiger partial charge >= 0.3 is 5.97 Å². The van der Waals surface area contributed by atoms with Crippen molar-refractivity contribution in [2.45, 2.75) is 55.3 Å². The lowest BCUT2D eigenvalue weighted by atomic mass is 9.95. The molecule has 0 bridgehead atoms. The number of amides is 1. The molecular formula is C14H20N2O3S2. The molecular weight excluding hydrogens is 308 g/mol. The van der Waals surface area contributed by atoms with Crippen LogP contribution in [0.1, 0.15) is 44.2 Å². The number of hydrogen-bond donors (Lipinski definition) is 2. The normalized spacial score (nSPS) is 15.8. The van der Waals surface area contributed by atoms with E-state index in [1.54, 1.807) is 5.38 Å². The summed E-state index contributed by atoms with van der Waals surface area (Å²) in [7, 11) is 0. The van der Waals surface area contributed by atoms with Crippen molar-refractivity contribution < 1.29 is 14.7 Å². The van der Waals surface area contributed by atoms with Crippen molar-refractivity contribution in [3.63, 3.8) is 0 Å². The van der Waals surface area contributed by atoms with Crippen LogP contribution in [0, 0.1) is 0 Å². The molecule has 1 aliphatic rings. The van der Waals surface area contributed by atoms with Crippen LogP contribution in [0.5, 0.6) is 0 Å². The van der Waals surface area contributed by atoms with E-state index in [1.807, 2.05) is 0 Å². The molecule has 0 radical (unpaired) electrons. The van der Waals surface area contributed by atoms with Crippen molar-refractivity contribution >= 4 is 35.0 Å². The lowest BCUT2D eigenvalue weighted by Crippen LogP contribution is -2.36. The van der Waals surface area contributed by atoms with Gasteiger partial charge in [0.2, 0.25) is 5.91 Å². The first-order chi connectivity index (χ1) is 10.1. The predicted molar refractivity (Wildman–Crippen MR) is 83.8 cm³/mol. The number of rotatable bonds is 7. The minimum Gasteiger partial charge on any atom is -0.481 e. The van der Waals surface area contributed by atoms with Gasteiger partial charge in [-0.3, -0.25) is 9.59 Å². The van der Waals surface area contributed by atoms with Gasteiger partial charge in [-0.2, -0.15) is 0 Å². The standard InChI is InChI=1S/C14H20N2O3S2/c17-12(15-10-4-2-1-3-5-10)6-7-20-14-16-11(9-21-14)8-13(18)19/h9-10H,1-8H2,(H,15,17)(H,18,19). The fraction of sp³-hybridized carbons (Fsp3) is 0.643. The third-order valence-corrected chi connectivity index (χ3v) is 5.46. The molecule has 2 rings (SSSR count). The van der Waals surface area contributed by atoms with E-state index in [0.717, 1.165) is 17.2 Å². The molecule has 1 fully saturated rings. The van der Waals surface area contributed by atoms with E-state index in [0.29, 0.717) is 23.9 Å². The van der Waals surface area contributed by atoms with E-state index in [4.69, 9.17) is 5.11 Å². The zero-order chi connectivity index (χ0) is 15.1. The summed E-state index contributed by atoms with van der Waals surface area (Å²) in [6.45, 7) is 0. The zero-order valence-corrected chi connectivity index (χ0v) is 13.5. The van der Waals surface area contributed by atoms with Gasteiger partial charge in [-0.05, 0) is 12.8 Å². The van der Waals surface area contributed by atoms with Crippen LogP contribution in [0.15, 0.2) is 9.72 Å². The smallest absolute Gasteiger partial charge is 0.309 e. The van der Waals surface area contributed by atoms with Gasteiger partial charge in [-0.25, -0.2) is 4.98 Å². The van der Waals surface area contributed by atoms with E-state index in [1.165, 1.54) is 42.4 Å². The first-order valence-corrected chi connectivity index (χ1v) is 9.08. The maximum atomic E-state index is 11.8. The Morgan fingerprint density at radius 2 is 2.14 bits per heavy atom. The second-order valence-corrected chi connectivity index (χ2v) is 7.38. The van der Waals surface area contributed by atoms with Gasteiger partial charge in [-0.15, -0.1) is 11.3 Å². The third-order valence-electron chi connectivity index (χ3n) is 3.39. The van der Waals surface area contributed by atoms with Crippen molar-refractivity contribution in [3.05, 3.63) is 11.1 Å². The Kier molecular flexibility index (Phi) is 6.50. The van der Waals surface area contributed by atoms with Crippen LogP contribution in [-0.4, -0.2) is 33.8 Å². The van der Waals surface area contributed by atoms with Crippen molar-refractivity contribution in [1.29, 1.82) is 0 Å². The van der Waals surface area contributed by atoms with E-state index in [2.05, 4.69) is 10.3 Å². The molecule has 1 aromatic rings. The van der Waals surface area contributed by atoms with Crippen LogP contribution in [0.25, 0.3) is 0 Å². The topological polar surface area (TPSA) is 79.3 Å². The number of thioether (sulfide) groups is 1. The van der Waals surface area contributed by atoms with E-state index in [-0.39, 0.29) is 12.3 Å². The summed E-state index contributed by atoms with van der Waals surface area (Å²) in [5.74, 6) is -0.0844. The molecule has 21 heavy (non-hydrogen) atoms. The molecule has 1 amide bonds. The Labute approximate surface area is 132 Å². The average Bonchev–Trinajstić information content (AvgIpc) is 2.86. The SMILES string of the molecule is O=C(O)Cc1csc(SCCC(=O)NC2CCCCC2)n1. The molecule has 1 aliphatic carbocycles. The number of aromatic nitrogens is 1. The summed E-state index contributed by atoms with van der Waals surface area (Å²) < 4.78 is 0.830. The fourth-order valence-electron chi connectivity index (χ4n) is 2.37.